The number of fused-ring (bicyclic) bond motifs is 1. The first kappa shape index (κ1) is 10.4. The summed E-state index contributed by atoms with van der Waals surface area (Å²) in [6.07, 6.45) is 0.813. The van der Waals surface area contributed by atoms with Crippen LogP contribution >= 0.6 is 11.6 Å². The Morgan fingerprint density at radius 2 is 1.88 bits per heavy atom. The molecule has 0 aliphatic heterocycles. The molecular formula is C14H11ClN2. The number of imidazole rings is 1. The van der Waals surface area contributed by atoms with Gasteiger partial charge in [0.2, 0.25) is 0 Å². The molecule has 2 nitrogen and oxygen atoms in total. The number of H-pyrrole nitrogens is 1. The van der Waals surface area contributed by atoms with Gasteiger partial charge in [-0.3, -0.25) is 0 Å². The molecule has 0 bridgehead atoms. The van der Waals surface area contributed by atoms with Crippen LogP contribution in [0.3, 0.4) is 0 Å². The van der Waals surface area contributed by atoms with E-state index in [1.54, 1.807) is 0 Å². The van der Waals surface area contributed by atoms with Gasteiger partial charge in [-0.05, 0) is 23.8 Å². The summed E-state index contributed by atoms with van der Waals surface area (Å²) in [6.45, 7) is 0. The molecule has 0 fully saturated rings. The minimum atomic E-state index is 0.729. The number of hydrogen-bond acceptors (Lipinski definition) is 1. The van der Waals surface area contributed by atoms with Crippen molar-refractivity contribution in [2.24, 2.45) is 0 Å². The molecule has 17 heavy (non-hydrogen) atoms. The molecule has 1 heterocycles. The Balaban J connectivity index is 1.96. The van der Waals surface area contributed by atoms with Crippen molar-refractivity contribution in [3.05, 3.63) is 64.9 Å². The normalized spacial score (nSPS) is 10.9. The van der Waals surface area contributed by atoms with E-state index >= 15 is 0 Å². The summed E-state index contributed by atoms with van der Waals surface area (Å²) in [5, 5.41) is 0.729. The first-order valence-electron chi connectivity index (χ1n) is 5.49. The average Bonchev–Trinajstić information content (AvgIpc) is 2.71. The zero-order valence-electron chi connectivity index (χ0n) is 9.15. The molecule has 0 amide bonds. The SMILES string of the molecule is Clc1ccc2nc(Cc3ccccc3)[nH]c2c1. The van der Waals surface area contributed by atoms with Gasteiger partial charge in [0.05, 0.1) is 11.0 Å². The predicted molar refractivity (Wildman–Crippen MR) is 70.4 cm³/mol. The van der Waals surface area contributed by atoms with Gasteiger partial charge in [0.1, 0.15) is 5.82 Å². The Kier molecular flexibility index (Phi) is 2.57. The molecule has 0 saturated heterocycles. The molecule has 0 aliphatic carbocycles. The topological polar surface area (TPSA) is 28.7 Å². The van der Waals surface area contributed by atoms with Crippen LogP contribution in [0, 0.1) is 0 Å². The summed E-state index contributed by atoms with van der Waals surface area (Å²) in [5.74, 6) is 0.966. The molecule has 0 spiro atoms. The lowest BCUT2D eigenvalue weighted by atomic mass is 10.1. The number of hydrogen-bond donors (Lipinski definition) is 1. The first-order valence-corrected chi connectivity index (χ1v) is 5.87. The van der Waals surface area contributed by atoms with E-state index in [2.05, 4.69) is 22.1 Å². The first-order chi connectivity index (χ1) is 8.31. The van der Waals surface area contributed by atoms with Crippen molar-refractivity contribution >= 4 is 22.6 Å². The van der Waals surface area contributed by atoms with Gasteiger partial charge in [-0.1, -0.05) is 41.9 Å². The Hall–Kier alpha value is -1.80. The number of halogens is 1. The highest BCUT2D eigenvalue weighted by atomic mass is 35.5. The molecular weight excluding hydrogens is 232 g/mol. The van der Waals surface area contributed by atoms with Gasteiger partial charge in [0.15, 0.2) is 0 Å². The molecule has 0 atom stereocenters. The smallest absolute Gasteiger partial charge is 0.111 e. The number of aromatic amines is 1. The highest BCUT2D eigenvalue weighted by Crippen LogP contribution is 2.18. The fourth-order valence-corrected chi connectivity index (χ4v) is 2.08. The number of nitrogens with zero attached hydrogens (tertiary/aromatic N) is 1. The van der Waals surface area contributed by atoms with Crippen LogP contribution < -0.4 is 0 Å². The maximum atomic E-state index is 5.94. The molecule has 1 aromatic heterocycles. The largest absolute Gasteiger partial charge is 0.342 e. The molecule has 3 heteroatoms. The summed E-state index contributed by atoms with van der Waals surface area (Å²) in [7, 11) is 0. The molecule has 1 N–H and O–H groups in total. The summed E-state index contributed by atoms with van der Waals surface area (Å²) in [4.78, 5) is 7.82. The van der Waals surface area contributed by atoms with Crippen molar-refractivity contribution in [3.8, 4) is 0 Å². The third-order valence-electron chi connectivity index (χ3n) is 2.71. The second-order valence-corrected chi connectivity index (χ2v) is 4.44. The van der Waals surface area contributed by atoms with Crippen LogP contribution in [0.2, 0.25) is 5.02 Å². The van der Waals surface area contributed by atoms with E-state index in [4.69, 9.17) is 11.6 Å². The van der Waals surface area contributed by atoms with Crippen molar-refractivity contribution in [2.75, 3.05) is 0 Å². The molecule has 0 unspecified atom stereocenters. The number of aromatic nitrogens is 2. The van der Waals surface area contributed by atoms with E-state index in [1.165, 1.54) is 5.56 Å². The maximum absolute atomic E-state index is 5.94. The molecule has 3 rings (SSSR count). The number of nitrogens with one attached hydrogen (secondary N) is 1. The fraction of sp³-hybridized carbons (Fsp3) is 0.0714. The van der Waals surface area contributed by atoms with Gasteiger partial charge >= 0.3 is 0 Å². The van der Waals surface area contributed by atoms with Crippen molar-refractivity contribution < 1.29 is 0 Å². The standard InChI is InChI=1S/C14H11ClN2/c15-11-6-7-12-13(9-11)17-14(16-12)8-10-4-2-1-3-5-10/h1-7,9H,8H2,(H,16,17). The third kappa shape index (κ3) is 2.17. The zero-order valence-corrected chi connectivity index (χ0v) is 9.91. The van der Waals surface area contributed by atoms with Crippen LogP contribution in [0.15, 0.2) is 48.5 Å². The molecule has 84 valence electrons. The Morgan fingerprint density at radius 1 is 1.06 bits per heavy atom. The lowest BCUT2D eigenvalue weighted by Crippen LogP contribution is -1.89. The van der Waals surface area contributed by atoms with Crippen LogP contribution in [0.25, 0.3) is 11.0 Å². The summed E-state index contributed by atoms with van der Waals surface area (Å²) in [6, 6.07) is 16.0. The fourth-order valence-electron chi connectivity index (χ4n) is 1.91. The van der Waals surface area contributed by atoms with Crippen LogP contribution in [0.1, 0.15) is 11.4 Å². The lowest BCUT2D eigenvalue weighted by molar-refractivity contribution is 1.04. The van der Waals surface area contributed by atoms with E-state index in [9.17, 15) is 0 Å². The van der Waals surface area contributed by atoms with Crippen molar-refractivity contribution in [2.45, 2.75) is 6.42 Å². The van der Waals surface area contributed by atoms with E-state index in [0.717, 1.165) is 28.3 Å². The molecule has 3 aromatic rings. The summed E-state index contributed by atoms with van der Waals surface area (Å²) in [5.41, 5.74) is 3.20. The van der Waals surface area contributed by atoms with Crippen LogP contribution in [0.5, 0.6) is 0 Å². The van der Waals surface area contributed by atoms with E-state index in [-0.39, 0.29) is 0 Å². The second-order valence-electron chi connectivity index (χ2n) is 4.01. The highest BCUT2D eigenvalue weighted by Gasteiger charge is 2.03. The second kappa shape index (κ2) is 4.22. The molecule has 0 radical (unpaired) electrons. The van der Waals surface area contributed by atoms with Crippen molar-refractivity contribution in [1.82, 2.24) is 9.97 Å². The van der Waals surface area contributed by atoms with E-state index in [1.807, 2.05) is 36.4 Å². The summed E-state index contributed by atoms with van der Waals surface area (Å²) >= 11 is 5.94. The van der Waals surface area contributed by atoms with Gasteiger partial charge in [-0.2, -0.15) is 0 Å². The van der Waals surface area contributed by atoms with Gasteiger partial charge in [0, 0.05) is 11.4 Å². The van der Waals surface area contributed by atoms with Gasteiger partial charge in [0.25, 0.3) is 0 Å². The quantitative estimate of drug-likeness (QED) is 0.727. The van der Waals surface area contributed by atoms with Gasteiger partial charge in [-0.15, -0.1) is 0 Å². The van der Waals surface area contributed by atoms with E-state index in [0.29, 0.717) is 0 Å². The summed E-state index contributed by atoms with van der Waals surface area (Å²) < 4.78 is 0. The maximum Gasteiger partial charge on any atom is 0.111 e. The number of rotatable bonds is 2. The minimum absolute atomic E-state index is 0.729. The lowest BCUT2D eigenvalue weighted by Gasteiger charge is -1.96. The zero-order chi connectivity index (χ0) is 11.7. The number of benzene rings is 2. The third-order valence-corrected chi connectivity index (χ3v) is 2.94. The highest BCUT2D eigenvalue weighted by molar-refractivity contribution is 6.31. The Bertz CT molecular complexity index is 644. The van der Waals surface area contributed by atoms with Gasteiger partial charge in [-0.25, -0.2) is 4.98 Å². The molecule has 2 aromatic carbocycles. The van der Waals surface area contributed by atoms with Crippen LogP contribution in [-0.2, 0) is 6.42 Å². The Labute approximate surface area is 104 Å². The predicted octanol–water partition coefficient (Wildman–Crippen LogP) is 3.81. The monoisotopic (exact) mass is 242 g/mol. The van der Waals surface area contributed by atoms with E-state index < -0.39 is 0 Å². The molecule has 0 saturated carbocycles. The van der Waals surface area contributed by atoms with Crippen LogP contribution in [0.4, 0.5) is 0 Å². The van der Waals surface area contributed by atoms with Gasteiger partial charge < -0.3 is 4.98 Å². The average molecular weight is 243 g/mol. The van der Waals surface area contributed by atoms with Crippen molar-refractivity contribution in [1.29, 1.82) is 0 Å². The van der Waals surface area contributed by atoms with Crippen molar-refractivity contribution in [3.63, 3.8) is 0 Å². The Morgan fingerprint density at radius 3 is 2.71 bits per heavy atom. The minimum Gasteiger partial charge on any atom is -0.342 e. The molecule has 0 aliphatic rings. The van der Waals surface area contributed by atoms with Crippen LogP contribution in [-0.4, -0.2) is 9.97 Å².